The fourth-order valence-electron chi connectivity index (χ4n) is 1.80. The zero-order chi connectivity index (χ0) is 13.1. The van der Waals surface area contributed by atoms with Gasteiger partial charge in [0.1, 0.15) is 0 Å². The minimum atomic E-state index is -5.36. The zero-order valence-electron chi connectivity index (χ0n) is 9.52. The molecule has 1 atom stereocenters. The van der Waals surface area contributed by atoms with E-state index in [9.17, 15) is 22.4 Å². The smallest absolute Gasteiger partial charge is 0.337 e. The maximum Gasteiger partial charge on any atom is 0.458 e. The first-order valence-corrected chi connectivity index (χ1v) is 5.43. The summed E-state index contributed by atoms with van der Waals surface area (Å²) in [7, 11) is 0.545. The van der Waals surface area contributed by atoms with Crippen molar-refractivity contribution in [2.24, 2.45) is 0 Å². The molecule has 7 heteroatoms. The molecule has 1 aliphatic heterocycles. The normalized spacial score (nSPS) is 21.8. The molecule has 0 saturated carbocycles. The number of methoxy groups -OCH3 is 1. The highest BCUT2D eigenvalue weighted by molar-refractivity contribution is 5.84. The summed E-state index contributed by atoms with van der Waals surface area (Å²) in [5, 5.41) is 0. The summed E-state index contributed by atoms with van der Waals surface area (Å²) < 4.78 is 54.8. The van der Waals surface area contributed by atoms with E-state index < -0.39 is 17.9 Å². The monoisotopic (exact) mass is 257 g/mol. The van der Waals surface area contributed by atoms with Crippen LogP contribution in [0.25, 0.3) is 0 Å². The predicted molar refractivity (Wildman–Crippen MR) is 52.0 cm³/mol. The fraction of sp³-hybridized carbons (Fsp3) is 0.900. The van der Waals surface area contributed by atoms with Crippen LogP contribution < -0.4 is 0 Å². The number of alkyl halides is 4. The molecule has 0 aromatic heterocycles. The summed E-state index contributed by atoms with van der Waals surface area (Å²) in [6.45, 7) is 0.286. The van der Waals surface area contributed by atoms with E-state index in [2.05, 4.69) is 4.74 Å². The molecule has 1 rings (SSSR count). The van der Waals surface area contributed by atoms with E-state index in [-0.39, 0.29) is 13.1 Å². The van der Waals surface area contributed by atoms with E-state index in [4.69, 9.17) is 0 Å². The van der Waals surface area contributed by atoms with Gasteiger partial charge in [-0.15, -0.1) is 0 Å². The van der Waals surface area contributed by atoms with Crippen molar-refractivity contribution in [1.29, 1.82) is 0 Å². The zero-order valence-corrected chi connectivity index (χ0v) is 9.52. The number of carbonyl (C=O) groups excluding carboxylic acids is 1. The Hall–Kier alpha value is -0.850. The van der Waals surface area contributed by atoms with Crippen LogP contribution in [0.4, 0.5) is 17.6 Å². The van der Waals surface area contributed by atoms with Gasteiger partial charge in [-0.25, -0.2) is 0 Å². The molecular formula is C10H15F4NO2. The maximum atomic E-state index is 13.6. The van der Waals surface area contributed by atoms with Gasteiger partial charge in [-0.3, -0.25) is 4.79 Å². The molecule has 1 saturated heterocycles. The number of hydrogen-bond acceptors (Lipinski definition) is 2. The molecule has 0 aromatic rings. The van der Waals surface area contributed by atoms with Gasteiger partial charge in [0.15, 0.2) is 0 Å². The summed E-state index contributed by atoms with van der Waals surface area (Å²) in [5.41, 5.74) is 0. The number of rotatable bonds is 2. The van der Waals surface area contributed by atoms with Crippen molar-refractivity contribution >= 4 is 5.91 Å². The Kier molecular flexibility index (Phi) is 4.35. The van der Waals surface area contributed by atoms with Gasteiger partial charge in [0.05, 0.1) is 0 Å². The van der Waals surface area contributed by atoms with Crippen LogP contribution in [0.3, 0.4) is 0 Å². The molecule has 0 aromatic carbocycles. The second-order valence-electron chi connectivity index (χ2n) is 4.00. The second-order valence-corrected chi connectivity index (χ2v) is 4.00. The first kappa shape index (κ1) is 14.2. The lowest BCUT2D eigenvalue weighted by molar-refractivity contribution is -0.311. The van der Waals surface area contributed by atoms with Crippen molar-refractivity contribution in [3.05, 3.63) is 0 Å². The molecule has 0 spiro atoms. The Balaban J connectivity index is 2.84. The Labute approximate surface area is 96.7 Å². The molecule has 0 aliphatic carbocycles. The van der Waals surface area contributed by atoms with Gasteiger partial charge in [-0.1, -0.05) is 12.8 Å². The van der Waals surface area contributed by atoms with Crippen molar-refractivity contribution in [2.45, 2.75) is 37.7 Å². The van der Waals surface area contributed by atoms with Gasteiger partial charge in [0, 0.05) is 20.2 Å². The van der Waals surface area contributed by atoms with Gasteiger partial charge < -0.3 is 9.64 Å². The number of amides is 1. The lowest BCUT2D eigenvalue weighted by Crippen LogP contribution is -2.56. The van der Waals surface area contributed by atoms with E-state index in [1.165, 1.54) is 0 Å². The molecule has 1 fully saturated rings. The number of hydrogen-bond donors (Lipinski definition) is 0. The van der Waals surface area contributed by atoms with Crippen LogP contribution >= 0.6 is 0 Å². The third-order valence-electron chi connectivity index (χ3n) is 2.81. The Morgan fingerprint density at radius 2 is 1.53 bits per heavy atom. The van der Waals surface area contributed by atoms with Crippen molar-refractivity contribution < 1.29 is 27.1 Å². The molecule has 1 unspecified atom stereocenters. The van der Waals surface area contributed by atoms with Gasteiger partial charge in [0.25, 0.3) is 5.91 Å². The lowest BCUT2D eigenvalue weighted by Gasteiger charge is -2.30. The molecule has 3 nitrogen and oxygen atoms in total. The maximum absolute atomic E-state index is 13.6. The Morgan fingerprint density at radius 3 is 1.88 bits per heavy atom. The van der Waals surface area contributed by atoms with E-state index in [1.54, 1.807) is 0 Å². The van der Waals surface area contributed by atoms with Crippen LogP contribution in [0.5, 0.6) is 0 Å². The molecule has 1 heterocycles. The number of nitrogens with zero attached hydrogens (tertiary/aromatic N) is 1. The Morgan fingerprint density at radius 1 is 1.06 bits per heavy atom. The van der Waals surface area contributed by atoms with Crippen molar-refractivity contribution in [2.75, 3.05) is 20.2 Å². The van der Waals surface area contributed by atoms with Crippen LogP contribution in [0.2, 0.25) is 0 Å². The highest BCUT2D eigenvalue weighted by atomic mass is 19.4. The van der Waals surface area contributed by atoms with Crippen LogP contribution in [0.15, 0.2) is 0 Å². The van der Waals surface area contributed by atoms with E-state index in [0.717, 1.165) is 17.7 Å². The number of likely N-dealkylation sites (tertiary alicyclic amines) is 1. The van der Waals surface area contributed by atoms with Gasteiger partial charge in [-0.2, -0.15) is 17.6 Å². The molecular weight excluding hydrogens is 242 g/mol. The van der Waals surface area contributed by atoms with Crippen LogP contribution in [0, 0.1) is 0 Å². The summed E-state index contributed by atoms with van der Waals surface area (Å²) in [6.07, 6.45) is -2.51. The van der Waals surface area contributed by atoms with Crippen LogP contribution in [0.1, 0.15) is 25.7 Å². The van der Waals surface area contributed by atoms with Crippen LogP contribution in [-0.2, 0) is 9.53 Å². The van der Waals surface area contributed by atoms with Gasteiger partial charge in [0.2, 0.25) is 0 Å². The van der Waals surface area contributed by atoms with Crippen molar-refractivity contribution in [1.82, 2.24) is 4.90 Å². The Bertz CT molecular complexity index is 274. The average Bonchev–Trinajstić information content (AvgIpc) is 2.53. The molecule has 17 heavy (non-hydrogen) atoms. The summed E-state index contributed by atoms with van der Waals surface area (Å²) >= 11 is 0. The highest BCUT2D eigenvalue weighted by Gasteiger charge is 2.64. The summed E-state index contributed by atoms with van der Waals surface area (Å²) in [4.78, 5) is 12.4. The minimum Gasteiger partial charge on any atom is -0.337 e. The highest BCUT2D eigenvalue weighted by Crippen LogP contribution is 2.36. The predicted octanol–water partition coefficient (Wildman–Crippen LogP) is 2.26. The lowest BCUT2D eigenvalue weighted by atomic mass is 10.2. The van der Waals surface area contributed by atoms with E-state index >= 15 is 0 Å². The second kappa shape index (κ2) is 5.20. The number of ether oxygens (including phenoxy) is 1. The first-order valence-electron chi connectivity index (χ1n) is 5.43. The molecule has 1 aliphatic rings. The first-order chi connectivity index (χ1) is 7.83. The number of halogens is 4. The third kappa shape index (κ3) is 2.88. The molecule has 0 radical (unpaired) electrons. The van der Waals surface area contributed by atoms with E-state index in [0.29, 0.717) is 20.0 Å². The van der Waals surface area contributed by atoms with Gasteiger partial charge in [-0.05, 0) is 12.8 Å². The molecule has 0 bridgehead atoms. The largest absolute Gasteiger partial charge is 0.458 e. The standard InChI is InChI=1S/C10H15F4NO2/c1-17-9(11,10(12,13)14)8(16)15-6-4-2-3-5-7-15/h2-7H2,1H3. The molecule has 0 N–H and O–H groups in total. The topological polar surface area (TPSA) is 29.5 Å². The average molecular weight is 257 g/mol. The number of carbonyl (C=O) groups is 1. The third-order valence-corrected chi connectivity index (χ3v) is 2.81. The molecule has 1 amide bonds. The van der Waals surface area contributed by atoms with Crippen molar-refractivity contribution in [3.63, 3.8) is 0 Å². The minimum absolute atomic E-state index is 0.143. The van der Waals surface area contributed by atoms with Gasteiger partial charge >= 0.3 is 12.0 Å². The quantitative estimate of drug-likeness (QED) is 0.710. The summed E-state index contributed by atoms with van der Waals surface area (Å²) in [5.74, 6) is -5.87. The summed E-state index contributed by atoms with van der Waals surface area (Å²) in [6, 6.07) is 0. The SMILES string of the molecule is COC(F)(C(=O)N1CCCCCC1)C(F)(F)F. The fourth-order valence-corrected chi connectivity index (χ4v) is 1.80. The van der Waals surface area contributed by atoms with Crippen molar-refractivity contribution in [3.8, 4) is 0 Å². The molecule has 100 valence electrons. The van der Waals surface area contributed by atoms with Crippen LogP contribution in [-0.4, -0.2) is 43.0 Å². The van der Waals surface area contributed by atoms with E-state index in [1.807, 2.05) is 0 Å².